The van der Waals surface area contributed by atoms with Crippen molar-refractivity contribution in [3.63, 3.8) is 0 Å². The van der Waals surface area contributed by atoms with Crippen LogP contribution in [0.25, 0.3) is 10.2 Å². The lowest BCUT2D eigenvalue weighted by atomic mass is 10.1. The Balaban J connectivity index is 1.50. The number of carbonyl (C=O) groups is 2. The van der Waals surface area contributed by atoms with E-state index in [0.29, 0.717) is 26.1 Å². The summed E-state index contributed by atoms with van der Waals surface area (Å²) in [7, 11) is -3.33. The van der Waals surface area contributed by atoms with Gasteiger partial charge >= 0.3 is 0 Å². The predicted octanol–water partition coefficient (Wildman–Crippen LogP) is 3.65. The molecule has 1 aliphatic rings. The van der Waals surface area contributed by atoms with Gasteiger partial charge in [-0.25, -0.2) is 13.4 Å². The van der Waals surface area contributed by atoms with Crippen molar-refractivity contribution in [2.45, 2.75) is 18.2 Å². The second kappa shape index (κ2) is 7.64. The summed E-state index contributed by atoms with van der Waals surface area (Å²) >= 11 is 7.36. The first-order chi connectivity index (χ1) is 14.1. The van der Waals surface area contributed by atoms with E-state index in [-0.39, 0.29) is 29.7 Å². The maximum atomic E-state index is 12.7. The van der Waals surface area contributed by atoms with E-state index in [1.54, 1.807) is 23.1 Å². The molecule has 10 heteroatoms. The number of nitrogens with zero attached hydrogens (tertiary/aromatic N) is 2. The van der Waals surface area contributed by atoms with E-state index in [0.717, 1.165) is 11.8 Å². The van der Waals surface area contributed by atoms with Gasteiger partial charge in [0.15, 0.2) is 15.0 Å². The van der Waals surface area contributed by atoms with E-state index in [2.05, 4.69) is 10.3 Å². The molecule has 1 aromatic heterocycles. The van der Waals surface area contributed by atoms with Crippen molar-refractivity contribution in [1.29, 1.82) is 0 Å². The summed E-state index contributed by atoms with van der Waals surface area (Å²) in [6, 6.07) is 10.0. The van der Waals surface area contributed by atoms with Crippen LogP contribution < -0.4 is 10.2 Å². The number of benzene rings is 2. The Morgan fingerprint density at radius 2 is 2.03 bits per heavy atom. The number of aryl methyl sites for hydroxylation is 1. The molecule has 1 N–H and O–H groups in total. The number of fused-ring (bicyclic) bond motifs is 1. The Morgan fingerprint density at radius 1 is 1.27 bits per heavy atom. The van der Waals surface area contributed by atoms with Gasteiger partial charge in [-0.1, -0.05) is 29.0 Å². The zero-order valence-corrected chi connectivity index (χ0v) is 18.6. The summed E-state index contributed by atoms with van der Waals surface area (Å²) in [6.07, 6.45) is 1.24. The number of sulfone groups is 1. The molecule has 0 radical (unpaired) electrons. The maximum Gasteiger partial charge on any atom is 0.231 e. The van der Waals surface area contributed by atoms with E-state index >= 15 is 0 Å². The van der Waals surface area contributed by atoms with Crippen LogP contribution in [0.15, 0.2) is 41.3 Å². The van der Waals surface area contributed by atoms with Gasteiger partial charge in [-0.2, -0.15) is 0 Å². The van der Waals surface area contributed by atoms with Crippen LogP contribution in [0.5, 0.6) is 0 Å². The molecule has 7 nitrogen and oxygen atoms in total. The minimum absolute atomic E-state index is 0.0977. The van der Waals surface area contributed by atoms with E-state index in [9.17, 15) is 18.0 Å². The van der Waals surface area contributed by atoms with Crippen LogP contribution in [-0.2, 0) is 19.4 Å². The number of hydrogen-bond donors (Lipinski definition) is 1. The monoisotopic (exact) mass is 463 g/mol. The summed E-state index contributed by atoms with van der Waals surface area (Å²) in [5, 5.41) is 3.69. The Kier molecular flexibility index (Phi) is 5.29. The van der Waals surface area contributed by atoms with Crippen molar-refractivity contribution < 1.29 is 18.0 Å². The Bertz CT molecular complexity index is 1290. The molecule has 3 aromatic rings. The first kappa shape index (κ1) is 20.8. The molecular weight excluding hydrogens is 446 g/mol. The minimum atomic E-state index is -3.33. The van der Waals surface area contributed by atoms with Gasteiger partial charge in [0.05, 0.1) is 21.0 Å². The molecule has 2 heterocycles. The smallest absolute Gasteiger partial charge is 0.231 e. The van der Waals surface area contributed by atoms with Gasteiger partial charge in [-0.05, 0) is 42.8 Å². The number of thiazole rings is 1. The molecule has 1 fully saturated rings. The van der Waals surface area contributed by atoms with Gasteiger partial charge in [0.1, 0.15) is 0 Å². The third-order valence-corrected chi connectivity index (χ3v) is 7.43. The second-order valence-electron chi connectivity index (χ2n) is 7.25. The fourth-order valence-corrected chi connectivity index (χ4v) is 5.08. The fraction of sp³-hybridized carbons (Fsp3) is 0.250. The Morgan fingerprint density at radius 3 is 2.73 bits per heavy atom. The lowest BCUT2D eigenvalue weighted by Crippen LogP contribution is -2.28. The highest BCUT2D eigenvalue weighted by atomic mass is 35.5. The first-order valence-electron chi connectivity index (χ1n) is 9.10. The van der Waals surface area contributed by atoms with Crippen LogP contribution in [0.4, 0.5) is 10.8 Å². The third kappa shape index (κ3) is 4.05. The number of carbonyl (C=O) groups excluding carboxylic acids is 2. The second-order valence-corrected chi connectivity index (χ2v) is 10.7. The number of nitrogens with one attached hydrogen (secondary N) is 1. The molecule has 2 amide bonds. The van der Waals surface area contributed by atoms with Gasteiger partial charge in [-0.3, -0.25) is 9.59 Å². The fourth-order valence-electron chi connectivity index (χ4n) is 3.28. The molecule has 0 unspecified atom stereocenters. The van der Waals surface area contributed by atoms with E-state index < -0.39 is 15.8 Å². The largest absolute Gasteiger partial charge is 0.312 e. The number of hydrogen-bond acceptors (Lipinski definition) is 6. The highest BCUT2D eigenvalue weighted by Crippen LogP contribution is 2.31. The topological polar surface area (TPSA) is 96.4 Å². The average molecular weight is 464 g/mol. The standard InChI is InChI=1S/C20H18ClN3O4S2/c1-11-3-4-13(8-15(11)21)24-10-12(7-18(24)25)19(26)23-20-22-16-6-5-14(30(2,27)28)9-17(16)29-20/h3-6,8-9,12H,7,10H2,1-2H3,(H,22,23,26)/t12-/m0/s1. The quantitative estimate of drug-likeness (QED) is 0.637. The average Bonchev–Trinajstić information content (AvgIpc) is 3.25. The molecule has 1 atom stereocenters. The van der Waals surface area contributed by atoms with Crippen molar-refractivity contribution in [3.8, 4) is 0 Å². The number of halogens is 1. The molecule has 0 spiro atoms. The summed E-state index contributed by atoms with van der Waals surface area (Å²) in [5.74, 6) is -0.959. The van der Waals surface area contributed by atoms with Crippen molar-refractivity contribution in [2.24, 2.45) is 5.92 Å². The van der Waals surface area contributed by atoms with Crippen LogP contribution in [0, 0.1) is 12.8 Å². The number of anilines is 2. The SMILES string of the molecule is Cc1ccc(N2C[C@@H](C(=O)Nc3nc4ccc(S(C)(=O)=O)cc4s3)CC2=O)cc1Cl. The lowest BCUT2D eigenvalue weighted by Gasteiger charge is -2.17. The molecule has 0 bridgehead atoms. The summed E-state index contributed by atoms with van der Waals surface area (Å²) in [6.45, 7) is 2.14. The summed E-state index contributed by atoms with van der Waals surface area (Å²) < 4.78 is 24.1. The van der Waals surface area contributed by atoms with Crippen LogP contribution in [-0.4, -0.2) is 38.0 Å². The number of amides is 2. The number of aromatic nitrogens is 1. The Labute approximate surface area is 182 Å². The van der Waals surface area contributed by atoms with E-state index in [4.69, 9.17) is 11.6 Å². The molecule has 156 valence electrons. The number of rotatable bonds is 4. The predicted molar refractivity (Wildman–Crippen MR) is 118 cm³/mol. The zero-order valence-electron chi connectivity index (χ0n) is 16.2. The molecule has 0 aliphatic carbocycles. The van der Waals surface area contributed by atoms with Crippen LogP contribution in [0.2, 0.25) is 5.02 Å². The van der Waals surface area contributed by atoms with Crippen LogP contribution in [0.1, 0.15) is 12.0 Å². The molecule has 1 aliphatic heterocycles. The van der Waals surface area contributed by atoms with Crippen LogP contribution >= 0.6 is 22.9 Å². The summed E-state index contributed by atoms with van der Waals surface area (Å²) in [5.41, 5.74) is 2.18. The molecule has 30 heavy (non-hydrogen) atoms. The van der Waals surface area contributed by atoms with Crippen LogP contribution in [0.3, 0.4) is 0 Å². The lowest BCUT2D eigenvalue weighted by molar-refractivity contribution is -0.122. The van der Waals surface area contributed by atoms with Crippen molar-refractivity contribution in [1.82, 2.24) is 4.98 Å². The van der Waals surface area contributed by atoms with E-state index in [1.165, 1.54) is 17.4 Å². The first-order valence-corrected chi connectivity index (χ1v) is 12.2. The summed E-state index contributed by atoms with van der Waals surface area (Å²) in [4.78, 5) is 31.3. The van der Waals surface area contributed by atoms with Gasteiger partial charge < -0.3 is 10.2 Å². The Hall–Kier alpha value is -2.49. The zero-order chi connectivity index (χ0) is 21.6. The highest BCUT2D eigenvalue weighted by molar-refractivity contribution is 7.90. The third-order valence-electron chi connectivity index (χ3n) is 4.98. The van der Waals surface area contributed by atoms with Crippen molar-refractivity contribution in [2.75, 3.05) is 23.0 Å². The minimum Gasteiger partial charge on any atom is -0.312 e. The normalized spacial score (nSPS) is 17.0. The molecule has 4 rings (SSSR count). The molecule has 1 saturated heterocycles. The van der Waals surface area contributed by atoms with E-state index in [1.807, 2.05) is 19.1 Å². The highest BCUT2D eigenvalue weighted by Gasteiger charge is 2.35. The van der Waals surface area contributed by atoms with Crippen molar-refractivity contribution in [3.05, 3.63) is 47.0 Å². The molecule has 2 aromatic carbocycles. The maximum absolute atomic E-state index is 12.7. The van der Waals surface area contributed by atoms with Gasteiger partial charge in [0.2, 0.25) is 11.8 Å². The van der Waals surface area contributed by atoms with Crippen molar-refractivity contribution >= 4 is 65.6 Å². The van der Waals surface area contributed by atoms with Gasteiger partial charge in [0, 0.05) is 29.9 Å². The molecular formula is C20H18ClN3O4S2. The van der Waals surface area contributed by atoms with Gasteiger partial charge in [0.25, 0.3) is 0 Å². The van der Waals surface area contributed by atoms with Gasteiger partial charge in [-0.15, -0.1) is 0 Å². The molecule has 0 saturated carbocycles.